The normalized spacial score (nSPS) is 15.6. The molecule has 1 atom stereocenters. The molecular weight excluding hydrogens is 369 g/mol. The van der Waals surface area contributed by atoms with Crippen LogP contribution in [-0.2, 0) is 14.4 Å². The van der Waals surface area contributed by atoms with E-state index in [1.165, 1.54) is 0 Å². The number of amides is 3. The second kappa shape index (κ2) is 13.2. The third-order valence-electron chi connectivity index (χ3n) is 4.01. The summed E-state index contributed by atoms with van der Waals surface area (Å²) < 4.78 is 0. The van der Waals surface area contributed by atoms with Gasteiger partial charge in [-0.15, -0.1) is 24.8 Å². The van der Waals surface area contributed by atoms with Crippen molar-refractivity contribution in [3.05, 3.63) is 0 Å². The van der Waals surface area contributed by atoms with Gasteiger partial charge in [0.25, 0.3) is 0 Å². The van der Waals surface area contributed by atoms with Gasteiger partial charge in [0.1, 0.15) is 0 Å². The van der Waals surface area contributed by atoms with E-state index in [1.807, 2.05) is 18.7 Å². The van der Waals surface area contributed by atoms with Crippen LogP contribution >= 0.6 is 24.8 Å². The lowest BCUT2D eigenvalue weighted by atomic mass is 10.1. The van der Waals surface area contributed by atoms with Crippen molar-refractivity contribution < 1.29 is 14.4 Å². The smallest absolute Gasteiger partial charge is 0.239 e. The second-order valence-corrected chi connectivity index (χ2v) is 6.19. The van der Waals surface area contributed by atoms with Crippen LogP contribution in [0.5, 0.6) is 0 Å². The van der Waals surface area contributed by atoms with Gasteiger partial charge in [-0.3, -0.25) is 19.3 Å². The van der Waals surface area contributed by atoms with Gasteiger partial charge in [-0.1, -0.05) is 13.8 Å². The zero-order chi connectivity index (χ0) is 17.4. The number of rotatable bonds is 7. The predicted octanol–water partition coefficient (Wildman–Crippen LogP) is -0.790. The molecule has 0 bridgehead atoms. The summed E-state index contributed by atoms with van der Waals surface area (Å²) in [6.45, 7) is 9.57. The molecule has 0 unspecified atom stereocenters. The highest BCUT2D eigenvalue weighted by atomic mass is 35.5. The predicted molar refractivity (Wildman–Crippen MR) is 102 cm³/mol. The summed E-state index contributed by atoms with van der Waals surface area (Å²) >= 11 is 0. The molecule has 0 aromatic heterocycles. The van der Waals surface area contributed by atoms with Gasteiger partial charge in [-0.2, -0.15) is 0 Å². The maximum absolute atomic E-state index is 11.7. The third kappa shape index (κ3) is 9.84. The standard InChI is InChI=1S/C15H29N5O3.2ClH/c1-11(2)14(16)15(23)18-10-13(22)17-4-5-19-6-8-20(9-7-19)12(3)21;;/h11,14H,4-10,16H2,1-3H3,(H,17,22)(H,18,23);2*1H/t14-;;/m0../s1. The van der Waals surface area contributed by atoms with Crippen LogP contribution in [0.4, 0.5) is 0 Å². The number of hydrogen-bond acceptors (Lipinski definition) is 5. The first kappa shape index (κ1) is 26.1. The van der Waals surface area contributed by atoms with Gasteiger partial charge in [0.15, 0.2) is 0 Å². The van der Waals surface area contributed by atoms with E-state index in [0.717, 1.165) is 32.7 Å². The van der Waals surface area contributed by atoms with Crippen LogP contribution in [0.15, 0.2) is 0 Å². The summed E-state index contributed by atoms with van der Waals surface area (Å²) in [4.78, 5) is 38.6. The fourth-order valence-electron chi connectivity index (χ4n) is 2.29. The van der Waals surface area contributed by atoms with Crippen LogP contribution in [0, 0.1) is 5.92 Å². The Balaban J connectivity index is 0. The molecule has 0 aromatic rings. The lowest BCUT2D eigenvalue weighted by molar-refractivity contribution is -0.130. The van der Waals surface area contributed by atoms with E-state index in [1.54, 1.807) is 6.92 Å². The molecule has 8 nitrogen and oxygen atoms in total. The van der Waals surface area contributed by atoms with Crippen molar-refractivity contribution in [3.63, 3.8) is 0 Å². The van der Waals surface area contributed by atoms with E-state index in [2.05, 4.69) is 15.5 Å². The van der Waals surface area contributed by atoms with Crippen LogP contribution < -0.4 is 16.4 Å². The number of carbonyl (C=O) groups excluding carboxylic acids is 3. The van der Waals surface area contributed by atoms with Crippen molar-refractivity contribution in [2.75, 3.05) is 45.8 Å². The highest BCUT2D eigenvalue weighted by Crippen LogP contribution is 2.01. The largest absolute Gasteiger partial charge is 0.353 e. The first-order valence-corrected chi connectivity index (χ1v) is 8.09. The Morgan fingerprint density at radius 2 is 1.60 bits per heavy atom. The SMILES string of the molecule is CC(=O)N1CCN(CCNC(=O)CNC(=O)[C@@H](N)C(C)C)CC1.Cl.Cl. The molecule has 10 heteroatoms. The second-order valence-electron chi connectivity index (χ2n) is 6.19. The van der Waals surface area contributed by atoms with Gasteiger partial charge in [0.2, 0.25) is 17.7 Å². The van der Waals surface area contributed by atoms with Gasteiger partial charge >= 0.3 is 0 Å². The molecule has 148 valence electrons. The minimum atomic E-state index is -0.597. The van der Waals surface area contributed by atoms with E-state index in [9.17, 15) is 14.4 Å². The number of halogens is 2. The van der Waals surface area contributed by atoms with Crippen molar-refractivity contribution >= 4 is 42.5 Å². The molecule has 1 saturated heterocycles. The Morgan fingerprint density at radius 1 is 1.04 bits per heavy atom. The first-order chi connectivity index (χ1) is 10.8. The average molecular weight is 400 g/mol. The van der Waals surface area contributed by atoms with Crippen molar-refractivity contribution in [1.29, 1.82) is 0 Å². The van der Waals surface area contributed by atoms with Crippen LogP contribution in [0.25, 0.3) is 0 Å². The van der Waals surface area contributed by atoms with E-state index >= 15 is 0 Å². The summed E-state index contributed by atoms with van der Waals surface area (Å²) in [6.07, 6.45) is 0. The topological polar surface area (TPSA) is 108 Å². The highest BCUT2D eigenvalue weighted by molar-refractivity contribution is 5.87. The summed E-state index contributed by atoms with van der Waals surface area (Å²) in [7, 11) is 0. The molecule has 4 N–H and O–H groups in total. The monoisotopic (exact) mass is 399 g/mol. The fraction of sp³-hybridized carbons (Fsp3) is 0.800. The lowest BCUT2D eigenvalue weighted by Gasteiger charge is -2.34. The van der Waals surface area contributed by atoms with Gasteiger partial charge in [0.05, 0.1) is 12.6 Å². The molecular formula is C15H31Cl2N5O3. The first-order valence-electron chi connectivity index (χ1n) is 8.09. The molecule has 1 aliphatic rings. The van der Waals surface area contributed by atoms with E-state index < -0.39 is 6.04 Å². The van der Waals surface area contributed by atoms with Crippen LogP contribution in [0.2, 0.25) is 0 Å². The summed E-state index contributed by atoms with van der Waals surface area (Å²) in [5.74, 6) is -0.396. The van der Waals surface area contributed by atoms with E-state index in [-0.39, 0.29) is 55.0 Å². The number of nitrogens with one attached hydrogen (secondary N) is 2. The number of piperazine rings is 1. The van der Waals surface area contributed by atoms with Crippen LogP contribution in [0.3, 0.4) is 0 Å². The summed E-state index contributed by atoms with van der Waals surface area (Å²) in [5, 5.41) is 5.31. The molecule has 0 aliphatic carbocycles. The van der Waals surface area contributed by atoms with Gasteiger partial charge in [-0.25, -0.2) is 0 Å². The Morgan fingerprint density at radius 3 is 2.08 bits per heavy atom. The Hall–Kier alpha value is -1.09. The van der Waals surface area contributed by atoms with Gasteiger partial charge < -0.3 is 21.3 Å². The minimum Gasteiger partial charge on any atom is -0.353 e. The van der Waals surface area contributed by atoms with Gasteiger partial charge in [0, 0.05) is 46.2 Å². The minimum absolute atomic E-state index is 0. The maximum atomic E-state index is 11.7. The number of nitrogens with two attached hydrogens (primary N) is 1. The third-order valence-corrected chi connectivity index (χ3v) is 4.01. The fourth-order valence-corrected chi connectivity index (χ4v) is 2.29. The van der Waals surface area contributed by atoms with E-state index in [4.69, 9.17) is 5.73 Å². The summed E-state index contributed by atoms with van der Waals surface area (Å²) in [5.41, 5.74) is 5.70. The van der Waals surface area contributed by atoms with Crippen LogP contribution in [-0.4, -0.2) is 79.4 Å². The number of nitrogens with zero attached hydrogens (tertiary/aromatic N) is 2. The lowest BCUT2D eigenvalue weighted by Crippen LogP contribution is -2.50. The highest BCUT2D eigenvalue weighted by Gasteiger charge is 2.19. The zero-order valence-corrected chi connectivity index (χ0v) is 16.8. The van der Waals surface area contributed by atoms with Gasteiger partial charge in [-0.05, 0) is 5.92 Å². The maximum Gasteiger partial charge on any atom is 0.239 e. The van der Waals surface area contributed by atoms with E-state index in [0.29, 0.717) is 6.54 Å². The zero-order valence-electron chi connectivity index (χ0n) is 15.1. The van der Waals surface area contributed by atoms with Crippen molar-refractivity contribution in [3.8, 4) is 0 Å². The van der Waals surface area contributed by atoms with Crippen LogP contribution in [0.1, 0.15) is 20.8 Å². The Bertz CT molecular complexity index is 429. The molecule has 1 rings (SSSR count). The Kier molecular flexibility index (Phi) is 13.8. The molecule has 1 heterocycles. The quantitative estimate of drug-likeness (QED) is 0.519. The van der Waals surface area contributed by atoms with Crippen molar-refractivity contribution in [2.45, 2.75) is 26.8 Å². The molecule has 1 aliphatic heterocycles. The van der Waals surface area contributed by atoms with Crippen molar-refractivity contribution in [1.82, 2.24) is 20.4 Å². The average Bonchev–Trinajstić information content (AvgIpc) is 2.52. The molecule has 1 fully saturated rings. The molecule has 0 spiro atoms. The van der Waals surface area contributed by atoms with Crippen molar-refractivity contribution in [2.24, 2.45) is 11.7 Å². The summed E-state index contributed by atoms with van der Waals surface area (Å²) in [6, 6.07) is -0.597. The molecule has 25 heavy (non-hydrogen) atoms. The molecule has 0 aromatic carbocycles. The molecule has 0 radical (unpaired) electrons. The number of carbonyl (C=O) groups is 3. The molecule has 3 amide bonds. The Labute approximate surface area is 162 Å². The number of hydrogen-bond donors (Lipinski definition) is 3. The molecule has 0 saturated carbocycles.